The molecule has 0 radical (unpaired) electrons. The van der Waals surface area contributed by atoms with Gasteiger partial charge in [-0.25, -0.2) is 0 Å². The van der Waals surface area contributed by atoms with Crippen LogP contribution in [0.25, 0.3) is 0 Å². The van der Waals surface area contributed by atoms with E-state index in [1.165, 1.54) is 0 Å². The maximum atomic E-state index is 14.4. The number of aliphatic hydroxyl groups is 1. The van der Waals surface area contributed by atoms with Gasteiger partial charge in [-0.1, -0.05) is 39.3 Å². The van der Waals surface area contributed by atoms with Crippen molar-refractivity contribution >= 4 is 17.8 Å². The van der Waals surface area contributed by atoms with E-state index >= 15 is 0 Å². The molecule has 2 amide bonds. The van der Waals surface area contributed by atoms with Gasteiger partial charge in [0.1, 0.15) is 17.6 Å². The molecule has 1 N–H and O–H groups in total. The van der Waals surface area contributed by atoms with Crippen molar-refractivity contribution in [3.8, 4) is 0 Å². The fourth-order valence-corrected chi connectivity index (χ4v) is 6.83. The van der Waals surface area contributed by atoms with Gasteiger partial charge in [-0.2, -0.15) is 0 Å². The van der Waals surface area contributed by atoms with E-state index in [2.05, 4.69) is 20.1 Å². The highest BCUT2D eigenvalue weighted by molar-refractivity contribution is 5.98. The summed E-state index contributed by atoms with van der Waals surface area (Å²) in [6.07, 6.45) is 7.61. The molecule has 208 valence electrons. The van der Waals surface area contributed by atoms with Gasteiger partial charge < -0.3 is 24.4 Å². The van der Waals surface area contributed by atoms with Crippen LogP contribution in [0.3, 0.4) is 0 Å². The Morgan fingerprint density at radius 2 is 1.97 bits per heavy atom. The first-order valence-corrected chi connectivity index (χ1v) is 13.9. The maximum absolute atomic E-state index is 14.4. The number of likely N-dealkylation sites (tertiary alicyclic amines) is 1. The number of rotatable bonds is 14. The molecule has 3 rings (SSSR count). The molecule has 1 spiro atoms. The molecular weight excluding hydrogens is 472 g/mol. The average Bonchev–Trinajstić information content (AvgIpc) is 3.41. The van der Waals surface area contributed by atoms with Gasteiger partial charge >= 0.3 is 5.97 Å². The van der Waals surface area contributed by atoms with Crippen molar-refractivity contribution in [3.63, 3.8) is 0 Å². The Kier molecular flexibility index (Phi) is 9.27. The number of nitrogens with zero attached hydrogens (tertiary/aromatic N) is 2. The van der Waals surface area contributed by atoms with Gasteiger partial charge in [-0.15, -0.1) is 13.2 Å². The van der Waals surface area contributed by atoms with E-state index in [1.54, 1.807) is 22.0 Å². The zero-order chi connectivity index (χ0) is 27.5. The lowest BCUT2D eigenvalue weighted by molar-refractivity contribution is -0.163. The molecule has 3 heterocycles. The minimum atomic E-state index is -1.14. The summed E-state index contributed by atoms with van der Waals surface area (Å²) in [5.41, 5.74) is -2.02. The number of amides is 2. The summed E-state index contributed by atoms with van der Waals surface area (Å²) in [5.74, 6) is -2.69. The van der Waals surface area contributed by atoms with Crippen molar-refractivity contribution in [1.82, 2.24) is 9.80 Å². The molecule has 37 heavy (non-hydrogen) atoms. The molecule has 8 heteroatoms. The Balaban J connectivity index is 2.07. The van der Waals surface area contributed by atoms with Crippen molar-refractivity contribution in [2.45, 2.75) is 102 Å². The van der Waals surface area contributed by atoms with Crippen LogP contribution in [0.4, 0.5) is 0 Å². The van der Waals surface area contributed by atoms with E-state index in [-0.39, 0.29) is 37.0 Å². The van der Waals surface area contributed by atoms with Crippen molar-refractivity contribution in [3.05, 3.63) is 25.3 Å². The first-order chi connectivity index (χ1) is 17.5. The quantitative estimate of drug-likeness (QED) is 0.215. The predicted molar refractivity (Wildman–Crippen MR) is 141 cm³/mol. The van der Waals surface area contributed by atoms with Crippen LogP contribution in [0, 0.1) is 17.8 Å². The zero-order valence-corrected chi connectivity index (χ0v) is 23.3. The van der Waals surface area contributed by atoms with Crippen molar-refractivity contribution in [2.75, 3.05) is 19.8 Å². The lowest BCUT2D eigenvalue weighted by Crippen LogP contribution is -2.60. The number of allylic oxidation sites excluding steroid dienone is 1. The third kappa shape index (κ3) is 4.99. The second-order valence-corrected chi connectivity index (χ2v) is 11.5. The SMILES string of the molecule is C=CCCCOC(=O)[C@@H]1[C@H]2C(=O)N([C@@H](CO)C(C)C)C(C(=O)N(CC=C)C(C)CCC)C23CC[C@@]1(C)O3. The summed E-state index contributed by atoms with van der Waals surface area (Å²) in [6, 6.07) is -1.56. The number of aliphatic hydroxyl groups excluding tert-OH is 1. The molecule has 0 saturated carbocycles. The van der Waals surface area contributed by atoms with Crippen LogP contribution in [-0.2, 0) is 23.9 Å². The molecule has 7 atom stereocenters. The summed E-state index contributed by atoms with van der Waals surface area (Å²) in [7, 11) is 0. The van der Waals surface area contributed by atoms with Crippen molar-refractivity contribution in [1.29, 1.82) is 0 Å². The Morgan fingerprint density at radius 1 is 1.27 bits per heavy atom. The second-order valence-electron chi connectivity index (χ2n) is 11.5. The first kappa shape index (κ1) is 29.4. The van der Waals surface area contributed by atoms with E-state index < -0.39 is 41.1 Å². The molecule has 0 aromatic carbocycles. The average molecular weight is 519 g/mol. The molecule has 3 fully saturated rings. The summed E-state index contributed by atoms with van der Waals surface area (Å²) >= 11 is 0. The fraction of sp³-hybridized carbons (Fsp3) is 0.759. The van der Waals surface area contributed by atoms with E-state index in [1.807, 2.05) is 27.7 Å². The van der Waals surface area contributed by atoms with Crippen LogP contribution < -0.4 is 0 Å². The normalized spacial score (nSPS) is 31.8. The number of ether oxygens (including phenoxy) is 2. The van der Waals surface area contributed by atoms with Gasteiger partial charge in [-0.3, -0.25) is 14.4 Å². The van der Waals surface area contributed by atoms with Crippen molar-refractivity contribution in [2.24, 2.45) is 17.8 Å². The number of fused-ring (bicyclic) bond motifs is 1. The Labute approximate surface area is 222 Å². The Bertz CT molecular complexity index is 890. The summed E-state index contributed by atoms with van der Waals surface area (Å²) < 4.78 is 12.3. The number of hydrogen-bond acceptors (Lipinski definition) is 6. The lowest BCUT2D eigenvalue weighted by atomic mass is 9.66. The van der Waals surface area contributed by atoms with E-state index in [0.717, 1.165) is 19.3 Å². The summed E-state index contributed by atoms with van der Waals surface area (Å²) in [4.78, 5) is 45.4. The van der Waals surface area contributed by atoms with Gasteiger partial charge in [-0.05, 0) is 51.9 Å². The smallest absolute Gasteiger partial charge is 0.312 e. The van der Waals surface area contributed by atoms with Gasteiger partial charge in [0.25, 0.3) is 0 Å². The number of carbonyl (C=O) groups is 3. The van der Waals surface area contributed by atoms with Crippen LogP contribution in [0.5, 0.6) is 0 Å². The Hall–Kier alpha value is -2.19. The minimum Gasteiger partial charge on any atom is -0.465 e. The van der Waals surface area contributed by atoms with Crippen LogP contribution in [0.15, 0.2) is 25.3 Å². The van der Waals surface area contributed by atoms with Crippen LogP contribution >= 0.6 is 0 Å². The number of hydrogen-bond donors (Lipinski definition) is 1. The molecule has 3 saturated heterocycles. The third-order valence-electron chi connectivity index (χ3n) is 8.66. The number of unbranched alkanes of at least 4 members (excludes halogenated alkanes) is 1. The highest BCUT2D eigenvalue weighted by atomic mass is 16.6. The fourth-order valence-electron chi connectivity index (χ4n) is 6.83. The summed E-state index contributed by atoms with van der Waals surface area (Å²) in [6.45, 7) is 17.6. The van der Waals surface area contributed by atoms with E-state index in [4.69, 9.17) is 9.47 Å². The number of esters is 1. The Morgan fingerprint density at radius 3 is 2.54 bits per heavy atom. The molecule has 0 aromatic heterocycles. The van der Waals surface area contributed by atoms with E-state index in [0.29, 0.717) is 25.8 Å². The topological polar surface area (TPSA) is 96.4 Å². The molecule has 2 bridgehead atoms. The number of carbonyl (C=O) groups excluding carboxylic acids is 3. The van der Waals surface area contributed by atoms with E-state index in [9.17, 15) is 19.5 Å². The molecule has 3 aliphatic heterocycles. The zero-order valence-electron chi connectivity index (χ0n) is 23.3. The standard InChI is InChI=1S/C29H46N2O6/c1-8-11-12-17-36-27(35)23-22-25(33)31(21(18-32)19(4)5)24(29(22)15-14-28(23,7)37-29)26(34)30(16-10-3)20(6)13-9-2/h8,10,19-24,32H,1,3,9,11-18H2,2,4-7H3/t20?,21-,22-,23-,24?,28+,29?/m0/s1. The molecular formula is C29H46N2O6. The maximum Gasteiger partial charge on any atom is 0.312 e. The van der Waals surface area contributed by atoms with Gasteiger partial charge in [0, 0.05) is 12.6 Å². The van der Waals surface area contributed by atoms with Gasteiger partial charge in [0.2, 0.25) is 11.8 Å². The van der Waals surface area contributed by atoms with Gasteiger partial charge in [0.05, 0.1) is 30.8 Å². The van der Waals surface area contributed by atoms with Crippen LogP contribution in [-0.4, -0.2) is 81.8 Å². The highest BCUT2D eigenvalue weighted by Gasteiger charge is 2.79. The predicted octanol–water partition coefficient (Wildman–Crippen LogP) is 3.48. The monoisotopic (exact) mass is 518 g/mol. The lowest BCUT2D eigenvalue weighted by Gasteiger charge is -2.42. The molecule has 8 nitrogen and oxygen atoms in total. The molecule has 3 aliphatic rings. The van der Waals surface area contributed by atoms with Gasteiger partial charge in [0.15, 0.2) is 0 Å². The second kappa shape index (κ2) is 11.7. The molecule has 0 aromatic rings. The van der Waals surface area contributed by atoms with Crippen LogP contribution in [0.2, 0.25) is 0 Å². The minimum absolute atomic E-state index is 0.0608. The largest absolute Gasteiger partial charge is 0.465 e. The highest BCUT2D eigenvalue weighted by Crippen LogP contribution is 2.64. The first-order valence-electron chi connectivity index (χ1n) is 13.9. The third-order valence-corrected chi connectivity index (χ3v) is 8.66. The molecule has 3 unspecified atom stereocenters. The summed E-state index contributed by atoms with van der Waals surface area (Å²) in [5, 5.41) is 10.4. The van der Waals surface area contributed by atoms with Crippen molar-refractivity contribution < 1.29 is 29.0 Å². The van der Waals surface area contributed by atoms with Crippen LogP contribution in [0.1, 0.15) is 73.1 Å². The molecule has 0 aliphatic carbocycles.